The molecule has 1 aliphatic rings. The van der Waals surface area contributed by atoms with Crippen molar-refractivity contribution < 1.29 is 15.0 Å². The number of hydrogen-bond donors (Lipinski definition) is 4. The molecule has 0 aliphatic carbocycles. The number of carbonyl (C=O) groups is 1. The summed E-state index contributed by atoms with van der Waals surface area (Å²) in [5, 5.41) is 24.7. The SMILES string of the molecule is CC(Nc1ncc2c(n1)NC(=O)N(c1ccccc1Cl)C2)[C@@H](O)CO. The van der Waals surface area contributed by atoms with Crippen LogP contribution in [-0.4, -0.2) is 45.0 Å². The van der Waals surface area contributed by atoms with Gasteiger partial charge in [0.25, 0.3) is 0 Å². The summed E-state index contributed by atoms with van der Waals surface area (Å²) in [5.74, 6) is 0.654. The van der Waals surface area contributed by atoms with Crippen LogP contribution < -0.4 is 15.5 Å². The van der Waals surface area contributed by atoms with Crippen LogP contribution in [0.1, 0.15) is 12.5 Å². The Morgan fingerprint density at radius 1 is 1.44 bits per heavy atom. The minimum absolute atomic E-state index is 0.255. The maximum absolute atomic E-state index is 12.4. The highest BCUT2D eigenvalue weighted by Gasteiger charge is 2.27. The summed E-state index contributed by atoms with van der Waals surface area (Å²) in [4.78, 5) is 22.4. The fourth-order valence-corrected chi connectivity index (χ4v) is 2.67. The smallest absolute Gasteiger partial charge is 0.327 e. The molecule has 2 amide bonds. The normalized spacial score (nSPS) is 16.0. The first-order valence-corrected chi connectivity index (χ1v) is 8.12. The molecule has 2 aromatic rings. The van der Waals surface area contributed by atoms with E-state index in [1.165, 1.54) is 4.90 Å². The number of halogens is 1. The molecule has 2 atom stereocenters. The van der Waals surface area contributed by atoms with E-state index >= 15 is 0 Å². The molecule has 1 unspecified atom stereocenters. The first-order valence-electron chi connectivity index (χ1n) is 7.74. The third kappa shape index (κ3) is 3.65. The van der Waals surface area contributed by atoms with Crippen LogP contribution in [-0.2, 0) is 6.54 Å². The molecular formula is C16H18ClN5O3. The summed E-state index contributed by atoms with van der Waals surface area (Å²) in [6, 6.07) is 6.31. The van der Waals surface area contributed by atoms with E-state index in [0.717, 1.165) is 5.56 Å². The Bertz CT molecular complexity index is 788. The number of benzene rings is 1. The molecule has 0 saturated carbocycles. The molecule has 132 valence electrons. The minimum Gasteiger partial charge on any atom is -0.394 e. The van der Waals surface area contributed by atoms with E-state index in [0.29, 0.717) is 23.1 Å². The summed E-state index contributed by atoms with van der Waals surface area (Å²) in [7, 11) is 0. The molecular weight excluding hydrogens is 346 g/mol. The van der Waals surface area contributed by atoms with Gasteiger partial charge in [-0.15, -0.1) is 0 Å². The number of aromatic nitrogens is 2. The van der Waals surface area contributed by atoms with E-state index in [2.05, 4.69) is 20.6 Å². The van der Waals surface area contributed by atoms with Gasteiger partial charge in [0.15, 0.2) is 0 Å². The Morgan fingerprint density at radius 3 is 2.92 bits per heavy atom. The van der Waals surface area contributed by atoms with Gasteiger partial charge in [-0.1, -0.05) is 23.7 Å². The van der Waals surface area contributed by atoms with Gasteiger partial charge in [0.05, 0.1) is 36.0 Å². The van der Waals surface area contributed by atoms with E-state index in [9.17, 15) is 9.90 Å². The third-order valence-electron chi connectivity index (χ3n) is 3.93. The highest BCUT2D eigenvalue weighted by atomic mass is 35.5. The Labute approximate surface area is 149 Å². The van der Waals surface area contributed by atoms with Gasteiger partial charge in [-0.25, -0.2) is 9.78 Å². The van der Waals surface area contributed by atoms with E-state index in [4.69, 9.17) is 16.7 Å². The Balaban J connectivity index is 1.81. The van der Waals surface area contributed by atoms with Crippen LogP contribution in [0.4, 0.5) is 22.2 Å². The van der Waals surface area contributed by atoms with Crippen molar-refractivity contribution in [3.63, 3.8) is 0 Å². The molecule has 8 nitrogen and oxygen atoms in total. The van der Waals surface area contributed by atoms with Crippen molar-refractivity contribution >= 4 is 35.1 Å². The first-order chi connectivity index (χ1) is 12.0. The lowest BCUT2D eigenvalue weighted by molar-refractivity contribution is 0.0837. The van der Waals surface area contributed by atoms with Crippen molar-refractivity contribution in [2.45, 2.75) is 25.6 Å². The summed E-state index contributed by atoms with van der Waals surface area (Å²) in [5.41, 5.74) is 1.34. The van der Waals surface area contributed by atoms with Crippen molar-refractivity contribution in [1.82, 2.24) is 9.97 Å². The number of urea groups is 1. The number of fused-ring (bicyclic) bond motifs is 1. The standard InChI is InChI=1S/C16H18ClN5O3/c1-9(13(24)8-23)19-15-18-6-10-7-22(16(25)21-14(10)20-15)12-5-3-2-4-11(12)17/h2-6,9,13,23-24H,7-8H2,1H3,(H2,18,19,20,21,25)/t9?,13-/m0/s1. The van der Waals surface area contributed by atoms with Gasteiger partial charge in [0.2, 0.25) is 5.95 Å². The van der Waals surface area contributed by atoms with Crippen molar-refractivity contribution in [1.29, 1.82) is 0 Å². The summed E-state index contributed by atoms with van der Waals surface area (Å²) in [6.07, 6.45) is 0.663. The zero-order chi connectivity index (χ0) is 18.0. The number of aliphatic hydroxyl groups is 2. The molecule has 0 bridgehead atoms. The first kappa shape index (κ1) is 17.4. The zero-order valence-corrected chi connectivity index (χ0v) is 14.2. The van der Waals surface area contributed by atoms with Gasteiger partial charge in [0.1, 0.15) is 5.82 Å². The number of nitrogens with zero attached hydrogens (tertiary/aromatic N) is 3. The second-order valence-electron chi connectivity index (χ2n) is 5.72. The summed E-state index contributed by atoms with van der Waals surface area (Å²) < 4.78 is 0. The van der Waals surface area contributed by atoms with Gasteiger partial charge in [-0.3, -0.25) is 10.2 Å². The molecule has 1 aromatic heterocycles. The number of carbonyl (C=O) groups excluding carboxylic acids is 1. The largest absolute Gasteiger partial charge is 0.394 e. The zero-order valence-electron chi connectivity index (χ0n) is 13.5. The van der Waals surface area contributed by atoms with Crippen LogP contribution >= 0.6 is 11.6 Å². The second kappa shape index (κ2) is 7.22. The van der Waals surface area contributed by atoms with E-state index in [1.807, 2.05) is 0 Å². The van der Waals surface area contributed by atoms with Gasteiger partial charge >= 0.3 is 6.03 Å². The topological polar surface area (TPSA) is 111 Å². The number of rotatable bonds is 5. The molecule has 1 aliphatic heterocycles. The van der Waals surface area contributed by atoms with Crippen LogP contribution in [0.25, 0.3) is 0 Å². The molecule has 1 aromatic carbocycles. The van der Waals surface area contributed by atoms with Crippen molar-refractivity contribution in [2.75, 3.05) is 22.1 Å². The van der Waals surface area contributed by atoms with Crippen LogP contribution in [0, 0.1) is 0 Å². The number of aliphatic hydroxyl groups excluding tert-OH is 2. The van der Waals surface area contributed by atoms with E-state index < -0.39 is 12.1 Å². The number of hydrogen-bond acceptors (Lipinski definition) is 6. The fraction of sp³-hybridized carbons (Fsp3) is 0.312. The molecule has 0 saturated heterocycles. The van der Waals surface area contributed by atoms with E-state index in [1.54, 1.807) is 37.4 Å². The number of amides is 2. The number of anilines is 3. The van der Waals surface area contributed by atoms with Crippen LogP contribution in [0.2, 0.25) is 5.02 Å². The van der Waals surface area contributed by atoms with Crippen molar-refractivity contribution in [2.24, 2.45) is 0 Å². The quantitative estimate of drug-likeness (QED) is 0.645. The Hall–Kier alpha value is -2.42. The maximum atomic E-state index is 12.4. The molecule has 3 rings (SSSR count). The molecule has 0 spiro atoms. The average molecular weight is 364 g/mol. The summed E-state index contributed by atoms with van der Waals surface area (Å²) in [6.45, 7) is 1.62. The highest BCUT2D eigenvalue weighted by Crippen LogP contribution is 2.31. The summed E-state index contributed by atoms with van der Waals surface area (Å²) >= 11 is 6.17. The molecule has 25 heavy (non-hydrogen) atoms. The fourth-order valence-electron chi connectivity index (χ4n) is 2.43. The van der Waals surface area contributed by atoms with Gasteiger partial charge < -0.3 is 15.5 Å². The molecule has 4 N–H and O–H groups in total. The molecule has 0 fully saturated rings. The van der Waals surface area contributed by atoms with Crippen LogP contribution in [0.5, 0.6) is 0 Å². The van der Waals surface area contributed by atoms with E-state index in [-0.39, 0.29) is 18.6 Å². The Morgan fingerprint density at radius 2 is 2.20 bits per heavy atom. The molecule has 0 radical (unpaired) electrons. The predicted molar refractivity (Wildman–Crippen MR) is 94.9 cm³/mol. The third-order valence-corrected chi connectivity index (χ3v) is 4.25. The van der Waals surface area contributed by atoms with Crippen molar-refractivity contribution in [3.05, 3.63) is 41.0 Å². The molecule has 2 heterocycles. The predicted octanol–water partition coefficient (Wildman–Crippen LogP) is 1.84. The van der Waals surface area contributed by atoms with Gasteiger partial charge in [-0.05, 0) is 19.1 Å². The lowest BCUT2D eigenvalue weighted by Crippen LogP contribution is -2.40. The minimum atomic E-state index is -0.940. The van der Waals surface area contributed by atoms with Gasteiger partial charge in [0, 0.05) is 11.8 Å². The van der Waals surface area contributed by atoms with Crippen molar-refractivity contribution in [3.8, 4) is 0 Å². The average Bonchev–Trinajstić information content (AvgIpc) is 2.61. The lowest BCUT2D eigenvalue weighted by Gasteiger charge is -2.29. The van der Waals surface area contributed by atoms with Crippen LogP contribution in [0.3, 0.4) is 0 Å². The number of nitrogens with one attached hydrogen (secondary N) is 2. The lowest BCUT2D eigenvalue weighted by atomic mass is 10.2. The maximum Gasteiger partial charge on any atom is 0.327 e. The van der Waals surface area contributed by atoms with Gasteiger partial charge in [-0.2, -0.15) is 4.98 Å². The number of para-hydroxylation sites is 1. The molecule has 9 heteroatoms. The highest BCUT2D eigenvalue weighted by molar-refractivity contribution is 6.34. The monoisotopic (exact) mass is 363 g/mol. The Kier molecular flexibility index (Phi) is 5.03. The second-order valence-corrected chi connectivity index (χ2v) is 6.13. The van der Waals surface area contributed by atoms with Crippen LogP contribution in [0.15, 0.2) is 30.5 Å².